The number of nitrogens with zero attached hydrogens (tertiary/aromatic N) is 1. The molecule has 4 nitrogen and oxygen atoms in total. The third-order valence-electron chi connectivity index (χ3n) is 2.02. The van der Waals surface area contributed by atoms with Gasteiger partial charge >= 0.3 is 0 Å². The molecular weight excluding hydrogens is 178 g/mol. The number of aromatic nitrogens is 2. The first kappa shape index (κ1) is 9.02. The first-order chi connectivity index (χ1) is 6.92. The molecule has 0 aliphatic rings. The lowest BCUT2D eigenvalue weighted by atomic mass is 10.2. The summed E-state index contributed by atoms with van der Waals surface area (Å²) in [6, 6.07) is 7.88. The number of aromatic amines is 1. The van der Waals surface area contributed by atoms with E-state index >= 15 is 0 Å². The second-order valence-corrected chi connectivity index (χ2v) is 3.07. The average Bonchev–Trinajstić information content (AvgIpc) is 2.63. The molecular formula is C10H13N3O. The van der Waals surface area contributed by atoms with Gasteiger partial charge in [-0.05, 0) is 25.1 Å². The lowest BCUT2D eigenvalue weighted by molar-refractivity contribution is 0.304. The average molecular weight is 191 g/mol. The molecule has 0 amide bonds. The van der Waals surface area contributed by atoms with Crippen LogP contribution >= 0.6 is 0 Å². The fourth-order valence-electron chi connectivity index (χ4n) is 1.30. The van der Waals surface area contributed by atoms with E-state index in [0.717, 1.165) is 17.3 Å². The van der Waals surface area contributed by atoms with Crippen LogP contribution in [0.2, 0.25) is 0 Å². The van der Waals surface area contributed by atoms with Crippen LogP contribution in [0, 0.1) is 0 Å². The molecule has 0 saturated carbocycles. The highest BCUT2D eigenvalue weighted by Crippen LogP contribution is 2.21. The maximum Gasteiger partial charge on any atom is 0.240 e. The Labute approximate surface area is 82.1 Å². The van der Waals surface area contributed by atoms with E-state index in [9.17, 15) is 0 Å². The van der Waals surface area contributed by atoms with Crippen molar-refractivity contribution in [3.63, 3.8) is 0 Å². The van der Waals surface area contributed by atoms with Gasteiger partial charge < -0.3 is 10.5 Å². The van der Waals surface area contributed by atoms with Crippen LogP contribution < -0.4 is 10.5 Å². The van der Waals surface area contributed by atoms with Gasteiger partial charge in [-0.3, -0.25) is 5.10 Å². The van der Waals surface area contributed by atoms with Crippen LogP contribution in [-0.2, 0) is 0 Å². The molecule has 0 aliphatic heterocycles. The van der Waals surface area contributed by atoms with Crippen LogP contribution in [0.15, 0.2) is 24.3 Å². The van der Waals surface area contributed by atoms with Gasteiger partial charge in [0, 0.05) is 0 Å². The van der Waals surface area contributed by atoms with Crippen molar-refractivity contribution in [1.82, 2.24) is 10.2 Å². The fourth-order valence-corrected chi connectivity index (χ4v) is 1.30. The van der Waals surface area contributed by atoms with Crippen LogP contribution in [0.1, 0.15) is 6.42 Å². The summed E-state index contributed by atoms with van der Waals surface area (Å²) in [6.07, 6.45) is 0.848. The molecule has 1 aromatic heterocycles. The smallest absolute Gasteiger partial charge is 0.240 e. The summed E-state index contributed by atoms with van der Waals surface area (Å²) in [5, 5.41) is 8.01. The van der Waals surface area contributed by atoms with E-state index in [-0.39, 0.29) is 0 Å². The Balaban J connectivity index is 2.17. The van der Waals surface area contributed by atoms with Crippen molar-refractivity contribution in [2.45, 2.75) is 6.42 Å². The lowest BCUT2D eigenvalue weighted by Gasteiger charge is -2.00. The Kier molecular flexibility index (Phi) is 2.65. The molecule has 0 fully saturated rings. The quantitative estimate of drug-likeness (QED) is 0.716. The number of para-hydroxylation sites is 1. The Bertz CT molecular complexity index is 410. The van der Waals surface area contributed by atoms with Crippen molar-refractivity contribution < 1.29 is 4.74 Å². The summed E-state index contributed by atoms with van der Waals surface area (Å²) in [7, 11) is 0. The van der Waals surface area contributed by atoms with E-state index in [1.165, 1.54) is 0 Å². The van der Waals surface area contributed by atoms with E-state index in [0.29, 0.717) is 19.0 Å². The number of nitrogens with one attached hydrogen (secondary N) is 1. The predicted molar refractivity (Wildman–Crippen MR) is 55.3 cm³/mol. The maximum absolute atomic E-state index is 5.48. The van der Waals surface area contributed by atoms with E-state index in [1.807, 2.05) is 24.3 Å². The molecule has 14 heavy (non-hydrogen) atoms. The van der Waals surface area contributed by atoms with Crippen molar-refractivity contribution in [3.8, 4) is 5.88 Å². The van der Waals surface area contributed by atoms with Gasteiger partial charge in [-0.15, -0.1) is 5.10 Å². The molecule has 4 heteroatoms. The zero-order chi connectivity index (χ0) is 9.80. The number of nitrogens with two attached hydrogens (primary N) is 1. The Morgan fingerprint density at radius 1 is 1.36 bits per heavy atom. The van der Waals surface area contributed by atoms with Gasteiger partial charge in [0.2, 0.25) is 5.88 Å². The third kappa shape index (κ3) is 1.70. The SMILES string of the molecule is NCCCOc1n[nH]c2ccccc12. The van der Waals surface area contributed by atoms with Gasteiger partial charge in [0.1, 0.15) is 0 Å². The van der Waals surface area contributed by atoms with Crippen molar-refractivity contribution in [2.75, 3.05) is 13.2 Å². The minimum absolute atomic E-state index is 0.616. The molecule has 0 unspecified atom stereocenters. The molecule has 0 spiro atoms. The van der Waals surface area contributed by atoms with E-state index in [4.69, 9.17) is 10.5 Å². The highest BCUT2D eigenvalue weighted by molar-refractivity contribution is 5.83. The Hall–Kier alpha value is -1.55. The lowest BCUT2D eigenvalue weighted by Crippen LogP contribution is -2.06. The number of hydrogen-bond acceptors (Lipinski definition) is 3. The molecule has 1 aromatic carbocycles. The van der Waals surface area contributed by atoms with Crippen molar-refractivity contribution in [1.29, 1.82) is 0 Å². The largest absolute Gasteiger partial charge is 0.476 e. The third-order valence-corrected chi connectivity index (χ3v) is 2.02. The number of rotatable bonds is 4. The number of H-pyrrole nitrogens is 1. The van der Waals surface area contributed by atoms with Crippen LogP contribution in [0.5, 0.6) is 5.88 Å². The van der Waals surface area contributed by atoms with Crippen LogP contribution in [0.3, 0.4) is 0 Å². The molecule has 74 valence electrons. The summed E-state index contributed by atoms with van der Waals surface area (Å²) in [5.41, 5.74) is 6.37. The Morgan fingerprint density at radius 2 is 2.21 bits per heavy atom. The zero-order valence-electron chi connectivity index (χ0n) is 7.86. The molecule has 0 aliphatic carbocycles. The standard InChI is InChI=1S/C10H13N3O/c11-6-3-7-14-10-8-4-1-2-5-9(8)12-13-10/h1-2,4-5H,3,6-7,11H2,(H,12,13). The maximum atomic E-state index is 5.48. The first-order valence-corrected chi connectivity index (χ1v) is 4.68. The second kappa shape index (κ2) is 4.11. The van der Waals surface area contributed by atoms with Gasteiger partial charge in [0.05, 0.1) is 17.5 Å². The predicted octanol–water partition coefficient (Wildman–Crippen LogP) is 1.29. The minimum atomic E-state index is 0.616. The van der Waals surface area contributed by atoms with Crippen LogP contribution in [-0.4, -0.2) is 23.3 Å². The van der Waals surface area contributed by atoms with Gasteiger partial charge in [0.25, 0.3) is 0 Å². The zero-order valence-corrected chi connectivity index (χ0v) is 7.86. The van der Waals surface area contributed by atoms with Crippen LogP contribution in [0.4, 0.5) is 0 Å². The molecule has 2 aromatic rings. The summed E-state index contributed by atoms with van der Waals surface area (Å²) in [4.78, 5) is 0. The molecule has 3 N–H and O–H groups in total. The highest BCUT2D eigenvalue weighted by atomic mass is 16.5. The van der Waals surface area contributed by atoms with Crippen molar-refractivity contribution in [3.05, 3.63) is 24.3 Å². The monoisotopic (exact) mass is 191 g/mol. The molecule has 2 rings (SSSR count). The molecule has 0 atom stereocenters. The van der Waals surface area contributed by atoms with Gasteiger partial charge in [0.15, 0.2) is 0 Å². The van der Waals surface area contributed by atoms with Crippen molar-refractivity contribution in [2.24, 2.45) is 5.73 Å². The normalized spacial score (nSPS) is 10.6. The second-order valence-electron chi connectivity index (χ2n) is 3.07. The topological polar surface area (TPSA) is 63.9 Å². The summed E-state index contributed by atoms with van der Waals surface area (Å²) < 4.78 is 5.48. The van der Waals surface area contributed by atoms with Gasteiger partial charge in [-0.2, -0.15) is 0 Å². The van der Waals surface area contributed by atoms with Crippen LogP contribution in [0.25, 0.3) is 10.9 Å². The van der Waals surface area contributed by atoms with E-state index in [1.54, 1.807) is 0 Å². The summed E-state index contributed by atoms with van der Waals surface area (Å²) in [5.74, 6) is 0.661. The molecule has 0 bridgehead atoms. The highest BCUT2D eigenvalue weighted by Gasteiger charge is 2.04. The van der Waals surface area contributed by atoms with Gasteiger partial charge in [-0.25, -0.2) is 0 Å². The van der Waals surface area contributed by atoms with E-state index in [2.05, 4.69) is 10.2 Å². The minimum Gasteiger partial charge on any atom is -0.476 e. The Morgan fingerprint density at radius 3 is 3.07 bits per heavy atom. The summed E-state index contributed by atoms with van der Waals surface area (Å²) >= 11 is 0. The molecule has 0 radical (unpaired) electrons. The number of fused-ring (bicyclic) bond motifs is 1. The van der Waals surface area contributed by atoms with Crippen molar-refractivity contribution >= 4 is 10.9 Å². The van der Waals surface area contributed by atoms with Gasteiger partial charge in [-0.1, -0.05) is 12.1 Å². The fraction of sp³-hybridized carbons (Fsp3) is 0.300. The molecule has 0 saturated heterocycles. The first-order valence-electron chi connectivity index (χ1n) is 4.68. The summed E-state index contributed by atoms with van der Waals surface area (Å²) in [6.45, 7) is 1.26. The number of benzene rings is 1. The molecule has 1 heterocycles. The van der Waals surface area contributed by atoms with E-state index < -0.39 is 0 Å². The number of hydrogen-bond donors (Lipinski definition) is 2. The number of ether oxygens (including phenoxy) is 1.